The van der Waals surface area contributed by atoms with Gasteiger partial charge >= 0.3 is 0 Å². The SMILES string of the molecule is Nc1cc(Br)cc(CN2CCC3(CC2)OCCO3)c1. The van der Waals surface area contributed by atoms with Gasteiger partial charge in [0.05, 0.1) is 13.2 Å². The van der Waals surface area contributed by atoms with Crippen molar-refractivity contribution in [1.29, 1.82) is 0 Å². The molecule has 2 N–H and O–H groups in total. The molecule has 1 spiro atoms. The molecule has 0 unspecified atom stereocenters. The van der Waals surface area contributed by atoms with Gasteiger partial charge in [-0.25, -0.2) is 0 Å². The van der Waals surface area contributed by atoms with Gasteiger partial charge in [-0.15, -0.1) is 0 Å². The molecule has 1 aromatic carbocycles. The molecule has 2 aliphatic heterocycles. The largest absolute Gasteiger partial charge is 0.399 e. The summed E-state index contributed by atoms with van der Waals surface area (Å²) >= 11 is 3.49. The number of hydrogen-bond donors (Lipinski definition) is 1. The molecule has 0 aliphatic carbocycles. The molecule has 0 bridgehead atoms. The molecule has 2 fully saturated rings. The monoisotopic (exact) mass is 326 g/mol. The second kappa shape index (κ2) is 5.40. The molecule has 0 saturated carbocycles. The van der Waals surface area contributed by atoms with Crippen LogP contribution in [0.2, 0.25) is 0 Å². The van der Waals surface area contributed by atoms with Crippen molar-refractivity contribution < 1.29 is 9.47 Å². The molecule has 0 amide bonds. The number of nitrogens with two attached hydrogens (primary N) is 1. The van der Waals surface area contributed by atoms with Crippen LogP contribution >= 0.6 is 15.9 Å². The zero-order valence-corrected chi connectivity index (χ0v) is 12.5. The fraction of sp³-hybridized carbons (Fsp3) is 0.571. The van der Waals surface area contributed by atoms with Crippen LogP contribution in [0.4, 0.5) is 5.69 Å². The fourth-order valence-corrected chi connectivity index (χ4v) is 3.42. The number of ether oxygens (including phenoxy) is 2. The predicted molar refractivity (Wildman–Crippen MR) is 77.7 cm³/mol. The lowest BCUT2D eigenvalue weighted by molar-refractivity contribution is -0.185. The maximum Gasteiger partial charge on any atom is 0.170 e. The minimum atomic E-state index is -0.285. The zero-order chi connectivity index (χ0) is 13.3. The molecule has 19 heavy (non-hydrogen) atoms. The van der Waals surface area contributed by atoms with Gasteiger partial charge < -0.3 is 15.2 Å². The lowest BCUT2D eigenvalue weighted by Crippen LogP contribution is -2.44. The van der Waals surface area contributed by atoms with E-state index in [2.05, 4.69) is 26.9 Å². The summed E-state index contributed by atoms with van der Waals surface area (Å²) in [7, 11) is 0. The Morgan fingerprint density at radius 2 is 1.84 bits per heavy atom. The number of hydrogen-bond acceptors (Lipinski definition) is 4. The van der Waals surface area contributed by atoms with Crippen LogP contribution in [0.5, 0.6) is 0 Å². The smallest absolute Gasteiger partial charge is 0.170 e. The van der Waals surface area contributed by atoms with E-state index in [0.717, 1.165) is 55.8 Å². The minimum Gasteiger partial charge on any atom is -0.399 e. The third kappa shape index (κ3) is 3.11. The van der Waals surface area contributed by atoms with Gasteiger partial charge in [-0.05, 0) is 23.8 Å². The van der Waals surface area contributed by atoms with Crippen molar-refractivity contribution in [1.82, 2.24) is 4.90 Å². The highest BCUT2D eigenvalue weighted by molar-refractivity contribution is 9.10. The molecular formula is C14H19BrN2O2. The van der Waals surface area contributed by atoms with E-state index in [1.165, 1.54) is 5.56 Å². The highest BCUT2D eigenvalue weighted by atomic mass is 79.9. The number of halogens is 1. The van der Waals surface area contributed by atoms with Crippen LogP contribution < -0.4 is 5.73 Å². The van der Waals surface area contributed by atoms with Crippen molar-refractivity contribution in [2.24, 2.45) is 0 Å². The molecule has 0 atom stereocenters. The van der Waals surface area contributed by atoms with Crippen LogP contribution in [0.3, 0.4) is 0 Å². The number of piperidine rings is 1. The number of anilines is 1. The van der Waals surface area contributed by atoms with Gasteiger partial charge in [0.25, 0.3) is 0 Å². The fourth-order valence-electron chi connectivity index (χ4n) is 2.86. The third-order valence-corrected chi connectivity index (χ3v) is 4.28. The molecule has 0 aromatic heterocycles. The van der Waals surface area contributed by atoms with Crippen LogP contribution in [0, 0.1) is 0 Å². The molecule has 1 aromatic rings. The third-order valence-electron chi connectivity index (χ3n) is 3.82. The molecule has 2 heterocycles. The maximum atomic E-state index is 5.87. The summed E-state index contributed by atoms with van der Waals surface area (Å²) in [4.78, 5) is 2.43. The van der Waals surface area contributed by atoms with Crippen LogP contribution in [0.25, 0.3) is 0 Å². The lowest BCUT2D eigenvalue weighted by atomic mass is 10.0. The summed E-state index contributed by atoms with van der Waals surface area (Å²) < 4.78 is 12.5. The quantitative estimate of drug-likeness (QED) is 0.847. The van der Waals surface area contributed by atoms with E-state index in [4.69, 9.17) is 15.2 Å². The normalized spacial score (nSPS) is 23.0. The Morgan fingerprint density at radius 3 is 2.47 bits per heavy atom. The van der Waals surface area contributed by atoms with Gasteiger partial charge in [0, 0.05) is 42.6 Å². The van der Waals surface area contributed by atoms with E-state index in [1.807, 2.05) is 12.1 Å². The predicted octanol–water partition coefficient (Wildman–Crippen LogP) is 2.37. The molecule has 104 valence electrons. The van der Waals surface area contributed by atoms with Crippen molar-refractivity contribution in [3.63, 3.8) is 0 Å². The molecule has 3 rings (SSSR count). The van der Waals surface area contributed by atoms with Crippen molar-refractivity contribution in [2.75, 3.05) is 32.0 Å². The Kier molecular flexibility index (Phi) is 3.80. The van der Waals surface area contributed by atoms with Crippen LogP contribution in [-0.4, -0.2) is 37.0 Å². The summed E-state index contributed by atoms with van der Waals surface area (Å²) in [5, 5.41) is 0. The number of nitrogen functional groups attached to an aromatic ring is 1. The van der Waals surface area contributed by atoms with Crippen molar-refractivity contribution in [3.8, 4) is 0 Å². The molecule has 5 heteroatoms. The van der Waals surface area contributed by atoms with Crippen LogP contribution in [0.15, 0.2) is 22.7 Å². The first-order chi connectivity index (χ1) is 9.15. The number of nitrogens with zero attached hydrogens (tertiary/aromatic N) is 1. The Morgan fingerprint density at radius 1 is 1.16 bits per heavy atom. The van der Waals surface area contributed by atoms with Crippen LogP contribution in [-0.2, 0) is 16.0 Å². The van der Waals surface area contributed by atoms with Gasteiger partial charge in [0.2, 0.25) is 0 Å². The average Bonchev–Trinajstić information content (AvgIpc) is 2.80. The first-order valence-electron chi connectivity index (χ1n) is 6.70. The van der Waals surface area contributed by atoms with Crippen molar-refractivity contribution in [2.45, 2.75) is 25.2 Å². The zero-order valence-electron chi connectivity index (χ0n) is 10.9. The van der Waals surface area contributed by atoms with Gasteiger partial charge in [0.15, 0.2) is 5.79 Å². The molecule has 2 aliphatic rings. The first kappa shape index (κ1) is 13.4. The molecular weight excluding hydrogens is 308 g/mol. The summed E-state index contributed by atoms with van der Waals surface area (Å²) in [6.45, 7) is 4.42. The van der Waals surface area contributed by atoms with Gasteiger partial charge in [-0.3, -0.25) is 4.90 Å². The summed E-state index contributed by atoms with van der Waals surface area (Å²) in [5.41, 5.74) is 7.92. The Labute approximate surface area is 122 Å². The second-order valence-electron chi connectivity index (χ2n) is 5.28. The standard InChI is InChI=1S/C14H19BrN2O2/c15-12-7-11(8-13(16)9-12)10-17-3-1-14(2-4-17)18-5-6-19-14/h7-9H,1-6,10,16H2. The van der Waals surface area contributed by atoms with Gasteiger partial charge in [-0.1, -0.05) is 15.9 Å². The van der Waals surface area contributed by atoms with Crippen LogP contribution in [0.1, 0.15) is 18.4 Å². The summed E-state index contributed by atoms with van der Waals surface area (Å²) in [6.07, 6.45) is 1.91. The van der Waals surface area contributed by atoms with Gasteiger partial charge in [0.1, 0.15) is 0 Å². The van der Waals surface area contributed by atoms with E-state index in [0.29, 0.717) is 0 Å². The Bertz CT molecular complexity index is 431. The van der Waals surface area contributed by atoms with E-state index in [9.17, 15) is 0 Å². The summed E-state index contributed by atoms with van der Waals surface area (Å²) in [6, 6.07) is 6.09. The number of likely N-dealkylation sites (tertiary alicyclic amines) is 1. The first-order valence-corrected chi connectivity index (χ1v) is 7.50. The minimum absolute atomic E-state index is 0.285. The molecule has 4 nitrogen and oxygen atoms in total. The highest BCUT2D eigenvalue weighted by Crippen LogP contribution is 2.32. The molecule has 0 radical (unpaired) electrons. The number of rotatable bonds is 2. The van der Waals surface area contributed by atoms with Gasteiger partial charge in [-0.2, -0.15) is 0 Å². The van der Waals surface area contributed by atoms with E-state index < -0.39 is 0 Å². The Hall–Kier alpha value is -0.620. The average molecular weight is 327 g/mol. The topological polar surface area (TPSA) is 47.7 Å². The second-order valence-corrected chi connectivity index (χ2v) is 6.19. The lowest BCUT2D eigenvalue weighted by Gasteiger charge is -2.37. The maximum absolute atomic E-state index is 5.87. The molecule has 2 saturated heterocycles. The highest BCUT2D eigenvalue weighted by Gasteiger charge is 2.39. The van der Waals surface area contributed by atoms with E-state index in [-0.39, 0.29) is 5.79 Å². The summed E-state index contributed by atoms with van der Waals surface area (Å²) in [5.74, 6) is -0.285. The van der Waals surface area contributed by atoms with Crippen molar-refractivity contribution >= 4 is 21.6 Å². The van der Waals surface area contributed by atoms with E-state index in [1.54, 1.807) is 0 Å². The van der Waals surface area contributed by atoms with E-state index >= 15 is 0 Å². The Balaban J connectivity index is 1.59. The number of benzene rings is 1. The van der Waals surface area contributed by atoms with Crippen molar-refractivity contribution in [3.05, 3.63) is 28.2 Å².